The number of carbonyl (C=O) groups is 1. The van der Waals surface area contributed by atoms with Crippen LogP contribution in [0.5, 0.6) is 0 Å². The van der Waals surface area contributed by atoms with Crippen molar-refractivity contribution < 1.29 is 9.90 Å². The molecule has 4 N–H and O–H groups in total. The van der Waals surface area contributed by atoms with Crippen LogP contribution < -0.4 is 11.1 Å². The van der Waals surface area contributed by atoms with Gasteiger partial charge in [-0.1, -0.05) is 6.07 Å². The normalized spacial score (nSPS) is 10.3. The van der Waals surface area contributed by atoms with Gasteiger partial charge in [-0.05, 0) is 34.1 Å². The highest BCUT2D eigenvalue weighted by Gasteiger charge is 2.10. The molecule has 0 atom stereocenters. The molecule has 94 valence electrons. The van der Waals surface area contributed by atoms with Crippen LogP contribution in [-0.2, 0) is 6.54 Å². The molecule has 18 heavy (non-hydrogen) atoms. The summed E-state index contributed by atoms with van der Waals surface area (Å²) in [7, 11) is 0. The standard InChI is InChI=1S/C12H11BrN2O2S/c13-7-4-8(18-6-7)5-15-10-3-1-2-9(11(10)14)12(16)17/h1-4,6,15H,5,14H2,(H,16,17). The summed E-state index contributed by atoms with van der Waals surface area (Å²) in [6, 6.07) is 6.94. The van der Waals surface area contributed by atoms with Gasteiger partial charge in [0.05, 0.1) is 16.9 Å². The molecule has 2 aromatic rings. The highest BCUT2D eigenvalue weighted by atomic mass is 79.9. The van der Waals surface area contributed by atoms with E-state index in [1.54, 1.807) is 23.5 Å². The van der Waals surface area contributed by atoms with Crippen molar-refractivity contribution in [3.8, 4) is 0 Å². The number of nitrogens with two attached hydrogens (primary N) is 1. The number of thiophene rings is 1. The van der Waals surface area contributed by atoms with Crippen molar-refractivity contribution in [2.75, 3.05) is 11.1 Å². The molecule has 0 bridgehead atoms. The lowest BCUT2D eigenvalue weighted by Crippen LogP contribution is -2.07. The molecule has 0 radical (unpaired) electrons. The number of hydrogen-bond acceptors (Lipinski definition) is 4. The Morgan fingerprint density at radius 1 is 1.50 bits per heavy atom. The van der Waals surface area contributed by atoms with Crippen molar-refractivity contribution >= 4 is 44.6 Å². The number of nitrogen functional groups attached to an aromatic ring is 1. The number of anilines is 2. The van der Waals surface area contributed by atoms with Crippen LogP contribution in [0.2, 0.25) is 0 Å². The van der Waals surface area contributed by atoms with Gasteiger partial charge >= 0.3 is 5.97 Å². The Morgan fingerprint density at radius 2 is 2.28 bits per heavy atom. The minimum atomic E-state index is -1.02. The third kappa shape index (κ3) is 2.83. The zero-order valence-electron chi connectivity index (χ0n) is 9.31. The van der Waals surface area contributed by atoms with Gasteiger partial charge in [0.25, 0.3) is 0 Å². The molecule has 0 aliphatic carbocycles. The maximum Gasteiger partial charge on any atom is 0.337 e. The van der Waals surface area contributed by atoms with Crippen LogP contribution in [0.1, 0.15) is 15.2 Å². The Labute approximate surface area is 117 Å². The van der Waals surface area contributed by atoms with Gasteiger partial charge in [-0.2, -0.15) is 0 Å². The summed E-state index contributed by atoms with van der Waals surface area (Å²) in [5.74, 6) is -1.02. The number of carboxylic acid groups (broad SMARTS) is 1. The van der Waals surface area contributed by atoms with Crippen LogP contribution in [-0.4, -0.2) is 11.1 Å². The first-order valence-electron chi connectivity index (χ1n) is 5.16. The monoisotopic (exact) mass is 326 g/mol. The average Bonchev–Trinajstić information content (AvgIpc) is 2.73. The topological polar surface area (TPSA) is 75.3 Å². The molecular formula is C12H11BrN2O2S. The summed E-state index contributed by atoms with van der Waals surface area (Å²) < 4.78 is 1.04. The summed E-state index contributed by atoms with van der Waals surface area (Å²) in [5, 5.41) is 14.1. The van der Waals surface area contributed by atoms with E-state index in [2.05, 4.69) is 21.2 Å². The summed E-state index contributed by atoms with van der Waals surface area (Å²) in [5.41, 5.74) is 6.83. The van der Waals surface area contributed by atoms with E-state index < -0.39 is 5.97 Å². The van der Waals surface area contributed by atoms with E-state index in [-0.39, 0.29) is 11.3 Å². The van der Waals surface area contributed by atoms with Crippen molar-refractivity contribution in [3.63, 3.8) is 0 Å². The van der Waals surface area contributed by atoms with Crippen molar-refractivity contribution in [1.29, 1.82) is 0 Å². The molecule has 0 aliphatic rings. The number of carboxylic acids is 1. The SMILES string of the molecule is Nc1c(NCc2cc(Br)cs2)cccc1C(=O)O. The van der Waals surface area contributed by atoms with Crippen LogP contribution >= 0.6 is 27.3 Å². The first-order chi connectivity index (χ1) is 8.58. The number of para-hydroxylation sites is 1. The van der Waals surface area contributed by atoms with Gasteiger partial charge in [0.15, 0.2) is 0 Å². The van der Waals surface area contributed by atoms with Crippen LogP contribution in [0.3, 0.4) is 0 Å². The fourth-order valence-electron chi connectivity index (χ4n) is 1.53. The summed E-state index contributed by atoms with van der Waals surface area (Å²) >= 11 is 5.00. The number of halogens is 1. The Kier molecular flexibility index (Phi) is 3.88. The molecule has 6 heteroatoms. The van der Waals surface area contributed by atoms with Crippen molar-refractivity contribution in [2.45, 2.75) is 6.54 Å². The van der Waals surface area contributed by atoms with Crippen LogP contribution in [0, 0.1) is 0 Å². The zero-order chi connectivity index (χ0) is 13.1. The summed E-state index contributed by atoms with van der Waals surface area (Å²) in [4.78, 5) is 12.1. The Bertz CT molecular complexity index is 583. The van der Waals surface area contributed by atoms with E-state index in [9.17, 15) is 4.79 Å². The van der Waals surface area contributed by atoms with E-state index in [0.29, 0.717) is 12.2 Å². The molecule has 0 fully saturated rings. The maximum atomic E-state index is 10.9. The number of hydrogen-bond donors (Lipinski definition) is 3. The van der Waals surface area contributed by atoms with Gasteiger partial charge in [0, 0.05) is 21.3 Å². The Morgan fingerprint density at radius 3 is 2.89 bits per heavy atom. The molecule has 0 aliphatic heterocycles. The molecule has 0 saturated carbocycles. The summed E-state index contributed by atoms with van der Waals surface area (Å²) in [6.45, 7) is 0.615. The van der Waals surface area contributed by atoms with E-state index in [1.165, 1.54) is 6.07 Å². The minimum absolute atomic E-state index is 0.118. The molecule has 0 saturated heterocycles. The smallest absolute Gasteiger partial charge is 0.337 e. The fraction of sp³-hybridized carbons (Fsp3) is 0.0833. The molecule has 0 unspecified atom stereocenters. The molecular weight excluding hydrogens is 316 g/mol. The van der Waals surface area contributed by atoms with Gasteiger partial charge < -0.3 is 16.2 Å². The molecule has 4 nitrogen and oxygen atoms in total. The first-order valence-corrected chi connectivity index (χ1v) is 6.84. The maximum absolute atomic E-state index is 10.9. The number of rotatable bonds is 4. The Balaban J connectivity index is 2.14. The van der Waals surface area contributed by atoms with E-state index in [0.717, 1.165) is 9.35 Å². The van der Waals surface area contributed by atoms with E-state index in [4.69, 9.17) is 10.8 Å². The third-order valence-electron chi connectivity index (χ3n) is 2.41. The quantitative estimate of drug-likeness (QED) is 0.752. The van der Waals surface area contributed by atoms with Crippen LogP contribution in [0.15, 0.2) is 34.1 Å². The number of nitrogens with one attached hydrogen (secondary N) is 1. The van der Waals surface area contributed by atoms with E-state index in [1.807, 2.05) is 11.4 Å². The lowest BCUT2D eigenvalue weighted by molar-refractivity contribution is 0.0698. The van der Waals surface area contributed by atoms with Gasteiger partial charge in [-0.15, -0.1) is 11.3 Å². The van der Waals surface area contributed by atoms with Crippen LogP contribution in [0.25, 0.3) is 0 Å². The molecule has 1 aromatic heterocycles. The van der Waals surface area contributed by atoms with Crippen LogP contribution in [0.4, 0.5) is 11.4 Å². The molecule has 1 heterocycles. The van der Waals surface area contributed by atoms with Crippen molar-refractivity contribution in [2.24, 2.45) is 0 Å². The van der Waals surface area contributed by atoms with Gasteiger partial charge in [-0.3, -0.25) is 0 Å². The summed E-state index contributed by atoms with van der Waals surface area (Å²) in [6.07, 6.45) is 0. The lowest BCUT2D eigenvalue weighted by Gasteiger charge is -2.10. The fourth-order valence-corrected chi connectivity index (χ4v) is 2.93. The molecule has 0 amide bonds. The van der Waals surface area contributed by atoms with Gasteiger partial charge in [0.1, 0.15) is 0 Å². The zero-order valence-corrected chi connectivity index (χ0v) is 11.7. The largest absolute Gasteiger partial charge is 0.478 e. The van der Waals surface area contributed by atoms with Gasteiger partial charge in [0.2, 0.25) is 0 Å². The number of aromatic carboxylic acids is 1. The predicted octanol–water partition coefficient (Wildman–Crippen LogP) is 3.40. The first kappa shape index (κ1) is 12.9. The molecule has 0 spiro atoms. The van der Waals surface area contributed by atoms with E-state index >= 15 is 0 Å². The lowest BCUT2D eigenvalue weighted by atomic mass is 10.1. The predicted molar refractivity (Wildman–Crippen MR) is 77.2 cm³/mol. The highest BCUT2D eigenvalue weighted by molar-refractivity contribution is 9.10. The second kappa shape index (κ2) is 5.41. The molecule has 2 rings (SSSR count). The van der Waals surface area contributed by atoms with Gasteiger partial charge in [-0.25, -0.2) is 4.79 Å². The second-order valence-electron chi connectivity index (χ2n) is 3.66. The van der Waals surface area contributed by atoms with Crippen molar-refractivity contribution in [3.05, 3.63) is 44.6 Å². The third-order valence-corrected chi connectivity index (χ3v) is 4.11. The average molecular weight is 327 g/mol. The second-order valence-corrected chi connectivity index (χ2v) is 5.57. The van der Waals surface area contributed by atoms with Crippen molar-refractivity contribution in [1.82, 2.24) is 0 Å². The Hall–Kier alpha value is -1.53. The molecule has 1 aromatic carbocycles. The number of benzene rings is 1. The minimum Gasteiger partial charge on any atom is -0.478 e. The highest BCUT2D eigenvalue weighted by Crippen LogP contribution is 2.25.